The maximum absolute atomic E-state index is 13.3. The van der Waals surface area contributed by atoms with Crippen LogP contribution in [0.1, 0.15) is 70.8 Å². The minimum Gasteiger partial charge on any atom is -0.457 e. The number of primary amides is 1. The van der Waals surface area contributed by atoms with Gasteiger partial charge in [0.15, 0.2) is 0 Å². The van der Waals surface area contributed by atoms with Crippen LogP contribution in [0.15, 0.2) is 54.6 Å². The maximum Gasteiger partial charge on any atom is 0.415 e. The summed E-state index contributed by atoms with van der Waals surface area (Å²) in [5, 5.41) is 4.85. The van der Waals surface area contributed by atoms with Gasteiger partial charge in [-0.3, -0.25) is 9.69 Å². The van der Waals surface area contributed by atoms with E-state index in [-0.39, 0.29) is 24.0 Å². The first-order chi connectivity index (χ1) is 20.1. The molecule has 1 aliphatic rings. The lowest BCUT2D eigenvalue weighted by Gasteiger charge is -2.35. The average molecular weight is 592 g/mol. The van der Waals surface area contributed by atoms with E-state index in [1.54, 1.807) is 54.6 Å². The lowest BCUT2D eigenvalue weighted by molar-refractivity contribution is 0.0166. The smallest absolute Gasteiger partial charge is 0.415 e. The lowest BCUT2D eigenvalue weighted by atomic mass is 10.1. The van der Waals surface area contributed by atoms with E-state index in [0.29, 0.717) is 42.1 Å². The molecule has 2 N–H and O–H groups in total. The van der Waals surface area contributed by atoms with E-state index in [2.05, 4.69) is 0 Å². The fraction of sp³-hybridized carbons (Fsp3) is 0.438. The van der Waals surface area contributed by atoms with Crippen molar-refractivity contribution >= 4 is 23.9 Å². The Labute approximate surface area is 252 Å². The summed E-state index contributed by atoms with van der Waals surface area (Å²) in [7, 11) is 1.52. The number of piperidine rings is 1. The van der Waals surface area contributed by atoms with Gasteiger partial charge < -0.3 is 24.8 Å². The average Bonchev–Trinajstić information content (AvgIpc) is 3.33. The third-order valence-corrected chi connectivity index (χ3v) is 6.62. The predicted molar refractivity (Wildman–Crippen MR) is 163 cm³/mol. The minimum absolute atomic E-state index is 0.0690. The van der Waals surface area contributed by atoms with Crippen molar-refractivity contribution in [1.82, 2.24) is 14.7 Å². The second-order valence-corrected chi connectivity index (χ2v) is 12.6. The molecule has 1 unspecified atom stereocenters. The van der Waals surface area contributed by atoms with Gasteiger partial charge in [-0.2, -0.15) is 5.10 Å². The topological polar surface area (TPSA) is 129 Å². The Kier molecular flexibility index (Phi) is 9.03. The molecule has 230 valence electrons. The van der Waals surface area contributed by atoms with Gasteiger partial charge in [0.2, 0.25) is 0 Å². The van der Waals surface area contributed by atoms with Crippen LogP contribution in [0, 0.1) is 0 Å². The van der Waals surface area contributed by atoms with Gasteiger partial charge in [-0.1, -0.05) is 18.2 Å². The van der Waals surface area contributed by atoms with Gasteiger partial charge in [-0.15, -0.1) is 0 Å². The number of hydrogen-bond acceptors (Lipinski definition) is 7. The zero-order chi connectivity index (χ0) is 31.5. The number of carbonyl (C=O) groups excluding carboxylic acids is 3. The van der Waals surface area contributed by atoms with Crippen LogP contribution in [-0.4, -0.2) is 64.1 Å². The van der Waals surface area contributed by atoms with E-state index < -0.39 is 29.3 Å². The Bertz CT molecular complexity index is 1450. The number of amides is 3. The molecule has 43 heavy (non-hydrogen) atoms. The molecule has 4 rings (SSSR count). The summed E-state index contributed by atoms with van der Waals surface area (Å²) in [4.78, 5) is 42.1. The van der Waals surface area contributed by atoms with E-state index in [9.17, 15) is 14.4 Å². The fourth-order valence-corrected chi connectivity index (χ4v) is 4.80. The van der Waals surface area contributed by atoms with Crippen molar-refractivity contribution in [2.75, 3.05) is 25.0 Å². The molecule has 1 atom stereocenters. The van der Waals surface area contributed by atoms with Crippen LogP contribution in [0.3, 0.4) is 0 Å². The third-order valence-electron chi connectivity index (χ3n) is 6.62. The Morgan fingerprint density at radius 1 is 0.907 bits per heavy atom. The SMILES string of the molecule is CN(C(=O)OC(C)(C)C)c1c(C(N)=O)c(-c2ccc(Oc3ccccc3)cc2)nn1C1CCCN(C(=O)OC(C)(C)C)C1. The second-order valence-electron chi connectivity index (χ2n) is 12.6. The first-order valence-corrected chi connectivity index (χ1v) is 14.3. The number of ether oxygens (including phenoxy) is 3. The molecule has 0 spiro atoms. The summed E-state index contributed by atoms with van der Waals surface area (Å²) in [5.74, 6) is 0.723. The Morgan fingerprint density at radius 2 is 1.51 bits per heavy atom. The van der Waals surface area contributed by atoms with Crippen LogP contribution < -0.4 is 15.4 Å². The highest BCUT2D eigenvalue weighted by Crippen LogP contribution is 2.37. The maximum atomic E-state index is 13.3. The predicted octanol–water partition coefficient (Wildman–Crippen LogP) is 6.38. The Balaban J connectivity index is 1.76. The van der Waals surface area contributed by atoms with Crippen molar-refractivity contribution < 1.29 is 28.6 Å². The van der Waals surface area contributed by atoms with Crippen LogP contribution in [0.2, 0.25) is 0 Å². The molecule has 2 aromatic carbocycles. The molecular formula is C32H41N5O6. The van der Waals surface area contributed by atoms with Gasteiger partial charge in [0, 0.05) is 25.7 Å². The number of aromatic nitrogens is 2. The third kappa shape index (κ3) is 7.85. The van der Waals surface area contributed by atoms with E-state index in [4.69, 9.17) is 25.0 Å². The van der Waals surface area contributed by atoms with Crippen molar-refractivity contribution in [3.05, 3.63) is 60.2 Å². The standard InChI is InChI=1S/C32H41N5O6/c1-31(2,3)42-29(39)35(7)28-25(27(33)38)26(21-15-17-24(18-16-21)41-23-13-9-8-10-14-23)34-37(28)22-12-11-19-36(20-22)30(40)43-32(4,5)6/h8-10,13-18,22H,11-12,19-20H2,1-7H3,(H2,33,38). The van der Waals surface area contributed by atoms with E-state index >= 15 is 0 Å². The summed E-state index contributed by atoms with van der Waals surface area (Å²) >= 11 is 0. The van der Waals surface area contributed by atoms with Crippen molar-refractivity contribution in [1.29, 1.82) is 0 Å². The van der Waals surface area contributed by atoms with Crippen molar-refractivity contribution in [3.8, 4) is 22.8 Å². The number of anilines is 1. The van der Waals surface area contributed by atoms with Crippen molar-refractivity contribution in [3.63, 3.8) is 0 Å². The monoisotopic (exact) mass is 591 g/mol. The van der Waals surface area contributed by atoms with Gasteiger partial charge in [0.25, 0.3) is 5.91 Å². The van der Waals surface area contributed by atoms with Crippen LogP contribution in [-0.2, 0) is 9.47 Å². The Hall–Kier alpha value is -4.54. The number of carbonyl (C=O) groups is 3. The highest BCUT2D eigenvalue weighted by atomic mass is 16.6. The molecule has 2 heterocycles. The van der Waals surface area contributed by atoms with Gasteiger partial charge in [-0.05, 0) is 90.8 Å². The molecule has 0 aliphatic carbocycles. The fourth-order valence-electron chi connectivity index (χ4n) is 4.80. The molecule has 3 aromatic rings. The molecule has 1 aromatic heterocycles. The molecule has 11 heteroatoms. The van der Waals surface area contributed by atoms with E-state index in [1.807, 2.05) is 51.1 Å². The molecule has 1 aliphatic heterocycles. The summed E-state index contributed by atoms with van der Waals surface area (Å²) in [6.45, 7) is 11.5. The summed E-state index contributed by atoms with van der Waals surface area (Å²) in [6.07, 6.45) is 0.217. The zero-order valence-electron chi connectivity index (χ0n) is 25.9. The van der Waals surface area contributed by atoms with E-state index in [1.165, 1.54) is 11.9 Å². The molecule has 11 nitrogen and oxygen atoms in total. The first kappa shape index (κ1) is 31.4. The van der Waals surface area contributed by atoms with E-state index in [0.717, 1.165) is 0 Å². The number of para-hydroxylation sites is 1. The highest BCUT2D eigenvalue weighted by molar-refractivity contribution is 6.06. The number of rotatable bonds is 6. The number of nitrogens with two attached hydrogens (primary N) is 1. The van der Waals surface area contributed by atoms with Gasteiger partial charge in [0.1, 0.15) is 39.8 Å². The highest BCUT2D eigenvalue weighted by Gasteiger charge is 2.36. The number of benzene rings is 2. The second kappa shape index (κ2) is 12.4. The first-order valence-electron chi connectivity index (χ1n) is 14.3. The molecular weight excluding hydrogens is 550 g/mol. The number of likely N-dealkylation sites (tertiary alicyclic amines) is 1. The zero-order valence-corrected chi connectivity index (χ0v) is 25.9. The van der Waals surface area contributed by atoms with Gasteiger partial charge in [-0.25, -0.2) is 14.3 Å². The van der Waals surface area contributed by atoms with Crippen LogP contribution in [0.4, 0.5) is 15.4 Å². The van der Waals surface area contributed by atoms with Crippen LogP contribution in [0.25, 0.3) is 11.3 Å². The quantitative estimate of drug-likeness (QED) is 0.352. The van der Waals surface area contributed by atoms with Crippen LogP contribution >= 0.6 is 0 Å². The largest absolute Gasteiger partial charge is 0.457 e. The molecule has 1 fully saturated rings. The lowest BCUT2D eigenvalue weighted by Crippen LogP contribution is -2.44. The minimum atomic E-state index is -0.779. The van der Waals surface area contributed by atoms with Crippen molar-refractivity contribution in [2.24, 2.45) is 5.73 Å². The number of nitrogens with zero attached hydrogens (tertiary/aromatic N) is 4. The summed E-state index contributed by atoms with van der Waals surface area (Å²) < 4.78 is 18.8. The molecule has 0 radical (unpaired) electrons. The molecule has 0 bridgehead atoms. The molecule has 3 amide bonds. The van der Waals surface area contributed by atoms with Crippen LogP contribution in [0.5, 0.6) is 11.5 Å². The molecule has 0 saturated carbocycles. The molecule has 1 saturated heterocycles. The normalized spacial score (nSPS) is 15.5. The van der Waals surface area contributed by atoms with Gasteiger partial charge >= 0.3 is 12.2 Å². The van der Waals surface area contributed by atoms with Gasteiger partial charge in [0.05, 0.1) is 6.04 Å². The number of hydrogen-bond donors (Lipinski definition) is 1. The Morgan fingerprint density at radius 3 is 2.09 bits per heavy atom. The van der Waals surface area contributed by atoms with Crippen molar-refractivity contribution in [2.45, 2.75) is 71.6 Å². The summed E-state index contributed by atoms with van der Waals surface area (Å²) in [5.41, 5.74) is 5.50. The summed E-state index contributed by atoms with van der Waals surface area (Å²) in [6, 6.07) is 16.1.